The molecule has 2 aliphatic heterocycles. The molecule has 0 atom stereocenters. The number of H-pyrrole nitrogens is 1. The summed E-state index contributed by atoms with van der Waals surface area (Å²) >= 11 is 0. The third-order valence-corrected chi connectivity index (χ3v) is 5.53. The van der Waals surface area contributed by atoms with Gasteiger partial charge in [0, 0.05) is 37.6 Å². The molecule has 8 nitrogen and oxygen atoms in total. The molecular weight excluding hydrogens is 358 g/mol. The summed E-state index contributed by atoms with van der Waals surface area (Å²) in [6.45, 7) is 2.73. The van der Waals surface area contributed by atoms with Gasteiger partial charge in [-0.25, -0.2) is 18.4 Å². The monoisotopic (exact) mass is 374 g/mol. The van der Waals surface area contributed by atoms with Crippen LogP contribution in [0, 0.1) is 12.3 Å². The zero-order valence-electron chi connectivity index (χ0n) is 14.5. The minimum Gasteiger partial charge on any atom is -0.337 e. The summed E-state index contributed by atoms with van der Waals surface area (Å²) < 4.78 is 27.7. The molecule has 1 spiro atoms. The van der Waals surface area contributed by atoms with Crippen LogP contribution in [0.4, 0.5) is 8.78 Å². The highest BCUT2D eigenvalue weighted by molar-refractivity contribution is 5.95. The van der Waals surface area contributed by atoms with E-state index < -0.39 is 11.3 Å². The van der Waals surface area contributed by atoms with E-state index in [-0.39, 0.29) is 30.3 Å². The lowest BCUT2D eigenvalue weighted by atomic mass is 9.61. The molecule has 0 unspecified atom stereocenters. The Morgan fingerprint density at radius 2 is 2.04 bits per heavy atom. The molecule has 0 aromatic carbocycles. The first-order valence-electron chi connectivity index (χ1n) is 8.62. The van der Waals surface area contributed by atoms with Crippen molar-refractivity contribution in [1.82, 2.24) is 24.6 Å². The third kappa shape index (κ3) is 2.35. The van der Waals surface area contributed by atoms with Gasteiger partial charge in [0.1, 0.15) is 0 Å². The number of carbonyl (C=O) groups excluding carboxylic acids is 1. The normalized spacial score (nSPS) is 21.1. The molecule has 1 N–H and O–H groups in total. The number of carbonyl (C=O) groups is 1. The second-order valence-corrected chi connectivity index (χ2v) is 7.65. The van der Waals surface area contributed by atoms with Crippen molar-refractivity contribution in [1.29, 1.82) is 0 Å². The first-order chi connectivity index (χ1) is 12.8. The van der Waals surface area contributed by atoms with Crippen LogP contribution in [-0.4, -0.2) is 55.8 Å². The molecule has 2 aromatic rings. The molecule has 5 rings (SSSR count). The van der Waals surface area contributed by atoms with Crippen molar-refractivity contribution in [3.05, 3.63) is 39.1 Å². The van der Waals surface area contributed by atoms with Gasteiger partial charge in [-0.2, -0.15) is 5.10 Å². The zero-order valence-corrected chi connectivity index (χ0v) is 14.5. The van der Waals surface area contributed by atoms with Gasteiger partial charge in [-0.05, 0) is 6.92 Å². The molecule has 0 bridgehead atoms. The maximum Gasteiger partial charge on any atom is 0.261 e. The number of rotatable bonds is 2. The highest BCUT2D eigenvalue weighted by atomic mass is 19.3. The van der Waals surface area contributed by atoms with E-state index in [0.29, 0.717) is 42.1 Å². The molecule has 2 aromatic heterocycles. The number of aliphatic imine (C=N–C) groups is 1. The van der Waals surface area contributed by atoms with Crippen LogP contribution in [0.25, 0.3) is 5.95 Å². The predicted octanol–water partition coefficient (Wildman–Crippen LogP) is 1.07. The number of likely N-dealkylation sites (tertiary alicyclic amines) is 1. The Morgan fingerprint density at radius 3 is 2.74 bits per heavy atom. The van der Waals surface area contributed by atoms with Crippen LogP contribution in [0.3, 0.4) is 0 Å². The highest BCUT2D eigenvalue weighted by Crippen LogP contribution is 2.56. The number of amides is 1. The van der Waals surface area contributed by atoms with Crippen LogP contribution in [0.15, 0.2) is 16.0 Å². The van der Waals surface area contributed by atoms with Gasteiger partial charge in [-0.1, -0.05) is 0 Å². The van der Waals surface area contributed by atoms with Crippen LogP contribution in [0.2, 0.25) is 0 Å². The number of halogens is 2. The van der Waals surface area contributed by atoms with Crippen molar-refractivity contribution in [3.63, 3.8) is 0 Å². The lowest BCUT2D eigenvalue weighted by Gasteiger charge is -2.58. The van der Waals surface area contributed by atoms with E-state index in [9.17, 15) is 18.4 Å². The standard InChI is InChI=1S/C17H16F2N6O2/c1-9-10(14(27)24-7-16(8-24)5-17(18,19)6-16)3-21-25(9)15-22-12-4-20-2-11(12)13(26)23-15/h2-3H,4-8H2,1H3,(H,22,23,26). The minimum absolute atomic E-state index is 0.148. The number of hydrogen-bond donors (Lipinski definition) is 1. The molecule has 140 valence electrons. The van der Waals surface area contributed by atoms with Gasteiger partial charge in [-0.3, -0.25) is 19.6 Å². The maximum atomic E-state index is 13.1. The van der Waals surface area contributed by atoms with Crippen LogP contribution < -0.4 is 5.56 Å². The molecular formula is C17H16F2N6O2. The summed E-state index contributed by atoms with van der Waals surface area (Å²) in [5.41, 5.74) is 1.16. The number of alkyl halides is 2. The Hall–Kier alpha value is -2.91. The lowest BCUT2D eigenvalue weighted by molar-refractivity contribution is -0.203. The number of hydrogen-bond acceptors (Lipinski definition) is 5. The average Bonchev–Trinajstić information content (AvgIpc) is 3.16. The molecule has 1 saturated heterocycles. The fourth-order valence-corrected chi connectivity index (χ4v) is 4.27. The van der Waals surface area contributed by atoms with Gasteiger partial charge >= 0.3 is 0 Å². The SMILES string of the molecule is Cc1c(C(=O)N2CC3(C2)CC(F)(F)C3)cnn1-c1nc2c(c(=O)[nH]1)C=NC2. The van der Waals surface area contributed by atoms with E-state index in [4.69, 9.17) is 0 Å². The zero-order chi connectivity index (χ0) is 19.0. The molecule has 27 heavy (non-hydrogen) atoms. The van der Waals surface area contributed by atoms with E-state index in [1.807, 2.05) is 0 Å². The number of nitrogens with zero attached hydrogens (tertiary/aromatic N) is 5. The van der Waals surface area contributed by atoms with E-state index in [0.717, 1.165) is 0 Å². The maximum absolute atomic E-state index is 13.1. The van der Waals surface area contributed by atoms with Crippen molar-refractivity contribution in [3.8, 4) is 5.95 Å². The van der Waals surface area contributed by atoms with Gasteiger partial charge in [0.25, 0.3) is 11.5 Å². The second kappa shape index (κ2) is 5.08. The molecule has 3 aliphatic rings. The quantitative estimate of drug-likeness (QED) is 0.850. The third-order valence-electron chi connectivity index (χ3n) is 5.53. The van der Waals surface area contributed by atoms with Crippen molar-refractivity contribution in [2.75, 3.05) is 13.1 Å². The fourth-order valence-electron chi connectivity index (χ4n) is 4.27. The van der Waals surface area contributed by atoms with Crippen molar-refractivity contribution >= 4 is 12.1 Å². The van der Waals surface area contributed by atoms with E-state index in [2.05, 4.69) is 20.1 Å². The van der Waals surface area contributed by atoms with Crippen LogP contribution in [0.1, 0.15) is 40.2 Å². The van der Waals surface area contributed by atoms with Crippen molar-refractivity contribution in [2.24, 2.45) is 10.4 Å². The summed E-state index contributed by atoms with van der Waals surface area (Å²) in [5.74, 6) is -2.61. The number of aromatic amines is 1. The Balaban J connectivity index is 1.38. The summed E-state index contributed by atoms with van der Waals surface area (Å²) in [7, 11) is 0. The Bertz CT molecular complexity index is 1050. The topological polar surface area (TPSA) is 96.2 Å². The van der Waals surface area contributed by atoms with E-state index >= 15 is 0 Å². The van der Waals surface area contributed by atoms with Crippen molar-refractivity contribution < 1.29 is 13.6 Å². The Kier molecular flexibility index (Phi) is 3.06. The van der Waals surface area contributed by atoms with Crippen LogP contribution in [0.5, 0.6) is 0 Å². The molecule has 2 fully saturated rings. The summed E-state index contributed by atoms with van der Waals surface area (Å²) in [5, 5.41) is 4.18. The van der Waals surface area contributed by atoms with Crippen LogP contribution in [-0.2, 0) is 6.54 Å². The number of fused-ring (bicyclic) bond motifs is 1. The highest BCUT2D eigenvalue weighted by Gasteiger charge is 2.62. The first kappa shape index (κ1) is 16.3. The first-order valence-corrected chi connectivity index (χ1v) is 8.62. The number of aromatic nitrogens is 4. The second-order valence-electron chi connectivity index (χ2n) is 7.65. The fraction of sp³-hybridized carbons (Fsp3) is 0.471. The summed E-state index contributed by atoms with van der Waals surface area (Å²) in [6.07, 6.45) is 2.61. The largest absolute Gasteiger partial charge is 0.337 e. The predicted molar refractivity (Wildman–Crippen MR) is 90.5 cm³/mol. The van der Waals surface area contributed by atoms with Crippen LogP contribution >= 0.6 is 0 Å². The van der Waals surface area contributed by atoms with Gasteiger partial charge in [0.15, 0.2) is 0 Å². The summed E-state index contributed by atoms with van der Waals surface area (Å²) in [6, 6.07) is 0. The number of nitrogens with one attached hydrogen (secondary N) is 1. The molecule has 1 saturated carbocycles. The van der Waals surface area contributed by atoms with Gasteiger partial charge in [0.05, 0.1) is 35.3 Å². The molecule has 0 radical (unpaired) electrons. The van der Waals surface area contributed by atoms with Gasteiger partial charge < -0.3 is 4.90 Å². The minimum atomic E-state index is -2.59. The van der Waals surface area contributed by atoms with Gasteiger partial charge in [0.2, 0.25) is 11.9 Å². The smallest absolute Gasteiger partial charge is 0.261 e. The molecule has 10 heteroatoms. The Morgan fingerprint density at radius 1 is 1.30 bits per heavy atom. The van der Waals surface area contributed by atoms with E-state index in [1.165, 1.54) is 17.1 Å². The van der Waals surface area contributed by atoms with E-state index in [1.54, 1.807) is 11.8 Å². The lowest BCUT2D eigenvalue weighted by Crippen LogP contribution is -2.66. The Labute approximate surface area is 151 Å². The average molecular weight is 374 g/mol. The van der Waals surface area contributed by atoms with Gasteiger partial charge in [-0.15, -0.1) is 0 Å². The molecule has 4 heterocycles. The molecule has 1 aliphatic carbocycles. The molecule has 1 amide bonds. The summed E-state index contributed by atoms with van der Waals surface area (Å²) in [4.78, 5) is 37.4. The van der Waals surface area contributed by atoms with Crippen molar-refractivity contribution in [2.45, 2.75) is 32.2 Å².